The van der Waals surface area contributed by atoms with Gasteiger partial charge < -0.3 is 9.31 Å². The van der Waals surface area contributed by atoms with Crippen molar-refractivity contribution >= 4 is 24.2 Å². The monoisotopic (exact) mass is 295 g/mol. The van der Waals surface area contributed by atoms with Crippen molar-refractivity contribution in [3.05, 3.63) is 28.5 Å². The molecule has 1 aromatic carbocycles. The molecule has 0 aliphatic carbocycles. The number of rotatable bonds is 2. The van der Waals surface area contributed by atoms with E-state index < -0.39 is 24.1 Å². The van der Waals surface area contributed by atoms with Gasteiger partial charge in [-0.05, 0) is 39.3 Å². The Kier molecular flexibility index (Phi) is 3.85. The van der Waals surface area contributed by atoms with E-state index in [1.807, 2.05) is 33.8 Å². The smallest absolute Gasteiger partial charge is 0.399 e. The summed E-state index contributed by atoms with van der Waals surface area (Å²) >= 11 is 5.93. The summed E-state index contributed by atoms with van der Waals surface area (Å²) in [5.41, 5.74) is -0.239. The molecule has 0 bridgehead atoms. The van der Waals surface area contributed by atoms with Crippen LogP contribution in [0.3, 0.4) is 0 Å². The normalized spacial score (nSPS) is 19.9. The highest BCUT2D eigenvalue weighted by Crippen LogP contribution is 2.36. The lowest BCUT2D eigenvalue weighted by Gasteiger charge is -2.32. The highest BCUT2D eigenvalue weighted by Gasteiger charge is 2.52. The van der Waals surface area contributed by atoms with Gasteiger partial charge in [0, 0.05) is 10.5 Å². The van der Waals surface area contributed by atoms with Crippen molar-refractivity contribution in [2.45, 2.75) is 45.3 Å². The third kappa shape index (κ3) is 2.56. The lowest BCUT2D eigenvalue weighted by molar-refractivity contribution is 0.00578. The van der Waals surface area contributed by atoms with Gasteiger partial charge in [0.25, 0.3) is 0 Å². The standard InChI is InChI=1S/C14H16BClFNO2/c1-13(2)14(3,4)20-15(19-13)10-7-9(5-6-18)11(16)8-12(10)17/h7-8H,5H2,1-4H3. The van der Waals surface area contributed by atoms with E-state index in [0.717, 1.165) is 0 Å². The van der Waals surface area contributed by atoms with Crippen molar-refractivity contribution in [1.29, 1.82) is 5.26 Å². The zero-order chi connectivity index (χ0) is 15.1. The van der Waals surface area contributed by atoms with Crippen molar-refractivity contribution in [2.75, 3.05) is 0 Å². The van der Waals surface area contributed by atoms with Gasteiger partial charge in [0.05, 0.1) is 23.7 Å². The third-order valence-electron chi connectivity index (χ3n) is 3.94. The zero-order valence-electron chi connectivity index (χ0n) is 12.0. The molecule has 1 aliphatic heterocycles. The molecule has 1 saturated heterocycles. The average Bonchev–Trinajstić information content (AvgIpc) is 2.52. The summed E-state index contributed by atoms with van der Waals surface area (Å²) < 4.78 is 25.7. The molecule has 0 saturated carbocycles. The fourth-order valence-electron chi connectivity index (χ4n) is 1.98. The first-order valence-corrected chi connectivity index (χ1v) is 6.76. The van der Waals surface area contributed by atoms with Crippen molar-refractivity contribution in [3.8, 4) is 6.07 Å². The topological polar surface area (TPSA) is 42.2 Å². The lowest BCUT2D eigenvalue weighted by Crippen LogP contribution is -2.41. The van der Waals surface area contributed by atoms with Crippen LogP contribution in [0.5, 0.6) is 0 Å². The van der Waals surface area contributed by atoms with Crippen LogP contribution in [0.25, 0.3) is 0 Å². The van der Waals surface area contributed by atoms with Crippen LogP contribution in [0.4, 0.5) is 4.39 Å². The molecule has 3 nitrogen and oxygen atoms in total. The van der Waals surface area contributed by atoms with E-state index >= 15 is 0 Å². The predicted molar refractivity (Wildman–Crippen MR) is 76.4 cm³/mol. The molecule has 0 spiro atoms. The summed E-state index contributed by atoms with van der Waals surface area (Å²) in [4.78, 5) is 0. The SMILES string of the molecule is CC1(C)OB(c2cc(CC#N)c(Cl)cc2F)OC1(C)C. The van der Waals surface area contributed by atoms with Gasteiger partial charge in [-0.1, -0.05) is 17.7 Å². The van der Waals surface area contributed by atoms with Crippen LogP contribution in [-0.2, 0) is 15.7 Å². The van der Waals surface area contributed by atoms with E-state index in [9.17, 15) is 4.39 Å². The summed E-state index contributed by atoms with van der Waals surface area (Å²) in [5.74, 6) is -0.491. The number of benzene rings is 1. The number of hydrogen-bond donors (Lipinski definition) is 0. The highest BCUT2D eigenvalue weighted by molar-refractivity contribution is 6.62. The molecule has 0 amide bonds. The second-order valence-electron chi connectivity index (χ2n) is 5.89. The quantitative estimate of drug-likeness (QED) is 0.788. The molecule has 106 valence electrons. The van der Waals surface area contributed by atoms with Gasteiger partial charge in [-0.3, -0.25) is 0 Å². The second-order valence-corrected chi connectivity index (χ2v) is 6.30. The lowest BCUT2D eigenvalue weighted by atomic mass is 9.77. The Morgan fingerprint density at radius 2 is 1.80 bits per heavy atom. The van der Waals surface area contributed by atoms with E-state index in [4.69, 9.17) is 26.2 Å². The number of halogens is 2. The molecule has 0 radical (unpaired) electrons. The van der Waals surface area contributed by atoms with Gasteiger partial charge >= 0.3 is 7.12 Å². The maximum Gasteiger partial charge on any atom is 0.497 e. The number of nitrogens with zero attached hydrogens (tertiary/aromatic N) is 1. The van der Waals surface area contributed by atoms with E-state index in [-0.39, 0.29) is 16.9 Å². The van der Waals surface area contributed by atoms with Gasteiger partial charge in [-0.15, -0.1) is 0 Å². The van der Waals surface area contributed by atoms with E-state index in [2.05, 4.69) is 0 Å². The van der Waals surface area contributed by atoms with Gasteiger partial charge in [0.15, 0.2) is 0 Å². The first kappa shape index (κ1) is 15.3. The Bertz CT molecular complexity index is 567. The first-order valence-electron chi connectivity index (χ1n) is 6.38. The third-order valence-corrected chi connectivity index (χ3v) is 4.29. The summed E-state index contributed by atoms with van der Waals surface area (Å²) in [7, 11) is -0.797. The van der Waals surface area contributed by atoms with Crippen molar-refractivity contribution in [1.82, 2.24) is 0 Å². The molecular weight excluding hydrogens is 279 g/mol. The molecule has 0 aromatic heterocycles. The van der Waals surface area contributed by atoms with E-state index in [0.29, 0.717) is 5.56 Å². The Balaban J connectivity index is 2.40. The minimum atomic E-state index is -0.797. The van der Waals surface area contributed by atoms with Crippen LogP contribution in [0.15, 0.2) is 12.1 Å². The molecule has 0 N–H and O–H groups in total. The minimum absolute atomic E-state index is 0.117. The molecule has 2 rings (SSSR count). The summed E-state index contributed by atoms with van der Waals surface area (Å²) in [6, 6.07) is 4.75. The van der Waals surface area contributed by atoms with E-state index in [1.165, 1.54) is 6.07 Å². The molecule has 1 heterocycles. The molecule has 0 unspecified atom stereocenters. The largest absolute Gasteiger partial charge is 0.497 e. The van der Waals surface area contributed by atoms with Crippen LogP contribution < -0.4 is 5.46 Å². The Labute approximate surface area is 123 Å². The molecule has 1 aromatic rings. The van der Waals surface area contributed by atoms with Crippen LogP contribution in [0.2, 0.25) is 5.02 Å². The van der Waals surface area contributed by atoms with Crippen LogP contribution >= 0.6 is 11.6 Å². The Morgan fingerprint density at radius 1 is 1.25 bits per heavy atom. The fraction of sp³-hybridized carbons (Fsp3) is 0.500. The van der Waals surface area contributed by atoms with Crippen molar-refractivity contribution in [3.63, 3.8) is 0 Å². The summed E-state index contributed by atoms with van der Waals surface area (Å²) in [6.45, 7) is 7.60. The predicted octanol–water partition coefficient (Wildman–Crippen LogP) is 2.84. The van der Waals surface area contributed by atoms with Crippen LogP contribution in [-0.4, -0.2) is 18.3 Å². The number of nitriles is 1. The van der Waals surface area contributed by atoms with Gasteiger partial charge in [0.1, 0.15) is 5.82 Å². The molecule has 20 heavy (non-hydrogen) atoms. The van der Waals surface area contributed by atoms with Crippen molar-refractivity contribution in [2.24, 2.45) is 0 Å². The van der Waals surface area contributed by atoms with Gasteiger partial charge in [-0.2, -0.15) is 5.26 Å². The van der Waals surface area contributed by atoms with Gasteiger partial charge in [0.2, 0.25) is 0 Å². The molecule has 0 atom stereocenters. The molecule has 1 fully saturated rings. The molecule has 6 heteroatoms. The summed E-state index contributed by atoms with van der Waals surface area (Å²) in [6.07, 6.45) is 0.117. The molecular formula is C14H16BClFNO2. The minimum Gasteiger partial charge on any atom is -0.399 e. The first-order chi connectivity index (χ1) is 9.18. The average molecular weight is 296 g/mol. The maximum absolute atomic E-state index is 14.1. The van der Waals surface area contributed by atoms with Crippen LogP contribution in [0.1, 0.15) is 33.3 Å². The number of hydrogen-bond acceptors (Lipinski definition) is 3. The fourth-order valence-corrected chi connectivity index (χ4v) is 2.20. The zero-order valence-corrected chi connectivity index (χ0v) is 12.7. The Morgan fingerprint density at radius 3 is 2.30 bits per heavy atom. The summed E-state index contributed by atoms with van der Waals surface area (Å²) in [5, 5.41) is 9.01. The van der Waals surface area contributed by atoms with Crippen molar-refractivity contribution < 1.29 is 13.7 Å². The van der Waals surface area contributed by atoms with Gasteiger partial charge in [-0.25, -0.2) is 4.39 Å². The molecule has 1 aliphatic rings. The Hall–Kier alpha value is -1.09. The second kappa shape index (κ2) is 5.03. The van der Waals surface area contributed by atoms with Crippen LogP contribution in [0, 0.1) is 17.1 Å². The van der Waals surface area contributed by atoms with E-state index in [1.54, 1.807) is 6.07 Å². The highest BCUT2D eigenvalue weighted by atomic mass is 35.5. The maximum atomic E-state index is 14.1.